The van der Waals surface area contributed by atoms with Crippen molar-refractivity contribution >= 4 is 5.69 Å². The van der Waals surface area contributed by atoms with Gasteiger partial charge in [-0.3, -0.25) is 0 Å². The molecule has 0 saturated heterocycles. The lowest BCUT2D eigenvalue weighted by molar-refractivity contribution is 0.0349. The van der Waals surface area contributed by atoms with Crippen molar-refractivity contribution in [2.45, 2.75) is 37.5 Å². The third-order valence-corrected chi connectivity index (χ3v) is 5.32. The van der Waals surface area contributed by atoms with Crippen molar-refractivity contribution in [3.63, 3.8) is 0 Å². The molecular weight excluding hydrogens is 274 g/mol. The van der Waals surface area contributed by atoms with Crippen LogP contribution < -0.4 is 5.32 Å². The van der Waals surface area contributed by atoms with Crippen LogP contribution in [0.1, 0.15) is 35.1 Å². The quantitative estimate of drug-likeness (QED) is 0.758. The van der Waals surface area contributed by atoms with Gasteiger partial charge in [0.25, 0.3) is 0 Å². The second-order valence-electron chi connectivity index (χ2n) is 6.55. The van der Waals surface area contributed by atoms with Gasteiger partial charge in [0.1, 0.15) is 0 Å². The molecule has 4 rings (SSSR count). The molecule has 22 heavy (non-hydrogen) atoms. The van der Waals surface area contributed by atoms with E-state index >= 15 is 0 Å². The molecule has 0 spiro atoms. The summed E-state index contributed by atoms with van der Waals surface area (Å²) >= 11 is 0. The average Bonchev–Trinajstić information content (AvgIpc) is 2.83. The largest absolute Gasteiger partial charge is 0.390 e. The van der Waals surface area contributed by atoms with E-state index < -0.39 is 12.2 Å². The molecule has 3 N–H and O–H groups in total. The SMILES string of the molecule is Cc1ccccc1[C@H]1Nc2ccccc2[C@H]2[C@@H](O)[C@@H](O)C[C@H]21. The Morgan fingerprint density at radius 3 is 2.41 bits per heavy atom. The first kappa shape index (κ1) is 13.8. The van der Waals surface area contributed by atoms with Gasteiger partial charge in [-0.25, -0.2) is 0 Å². The van der Waals surface area contributed by atoms with Gasteiger partial charge in [0, 0.05) is 11.6 Å². The Kier molecular flexibility index (Phi) is 3.21. The van der Waals surface area contributed by atoms with Crippen molar-refractivity contribution in [1.29, 1.82) is 0 Å². The van der Waals surface area contributed by atoms with Gasteiger partial charge in [0.05, 0.1) is 18.2 Å². The van der Waals surface area contributed by atoms with Crippen LogP contribution in [0.3, 0.4) is 0 Å². The van der Waals surface area contributed by atoms with E-state index in [1.165, 1.54) is 11.1 Å². The molecule has 1 aliphatic heterocycles. The third-order valence-electron chi connectivity index (χ3n) is 5.32. The smallest absolute Gasteiger partial charge is 0.0871 e. The van der Waals surface area contributed by atoms with Gasteiger partial charge in [-0.1, -0.05) is 42.5 Å². The number of aliphatic hydroxyl groups is 2. The molecule has 0 bridgehead atoms. The minimum Gasteiger partial charge on any atom is -0.390 e. The van der Waals surface area contributed by atoms with Crippen molar-refractivity contribution in [2.75, 3.05) is 5.32 Å². The second kappa shape index (κ2) is 5.11. The molecule has 2 aromatic carbocycles. The van der Waals surface area contributed by atoms with Crippen LogP contribution in [0.25, 0.3) is 0 Å². The predicted octanol–water partition coefficient (Wildman–Crippen LogP) is 2.99. The lowest BCUT2D eigenvalue weighted by Crippen LogP contribution is -2.33. The molecule has 2 aromatic rings. The standard InChI is InChI=1S/C19H21NO2/c1-11-6-2-3-7-12(11)18-14-10-16(21)19(22)17(14)13-8-4-5-9-15(13)20-18/h2-9,14,16-22H,10H2,1H3/t14-,16+,17-,18-,19+/m1/s1. The Hall–Kier alpha value is -1.84. The number of aliphatic hydroxyl groups excluding tert-OH is 2. The van der Waals surface area contributed by atoms with E-state index in [4.69, 9.17) is 0 Å². The van der Waals surface area contributed by atoms with Crippen molar-refractivity contribution in [3.05, 3.63) is 65.2 Å². The van der Waals surface area contributed by atoms with Crippen LogP contribution in [-0.4, -0.2) is 22.4 Å². The minimum atomic E-state index is -0.681. The van der Waals surface area contributed by atoms with Crippen LogP contribution in [0.4, 0.5) is 5.69 Å². The third kappa shape index (κ3) is 1.97. The van der Waals surface area contributed by atoms with Crippen LogP contribution >= 0.6 is 0 Å². The zero-order chi connectivity index (χ0) is 15.3. The maximum Gasteiger partial charge on any atom is 0.0871 e. The molecule has 2 aliphatic rings. The summed E-state index contributed by atoms with van der Waals surface area (Å²) < 4.78 is 0. The maximum atomic E-state index is 10.5. The number of hydrogen-bond acceptors (Lipinski definition) is 3. The number of aryl methyl sites for hydroxylation is 1. The van der Waals surface area contributed by atoms with Crippen molar-refractivity contribution in [1.82, 2.24) is 0 Å². The van der Waals surface area contributed by atoms with Gasteiger partial charge in [-0.15, -0.1) is 0 Å². The summed E-state index contributed by atoms with van der Waals surface area (Å²) in [5, 5.41) is 24.4. The van der Waals surface area contributed by atoms with E-state index in [-0.39, 0.29) is 17.9 Å². The number of fused-ring (bicyclic) bond motifs is 3. The van der Waals surface area contributed by atoms with Crippen LogP contribution in [0.15, 0.2) is 48.5 Å². The summed E-state index contributed by atoms with van der Waals surface area (Å²) in [5.41, 5.74) is 4.70. The lowest BCUT2D eigenvalue weighted by Gasteiger charge is -2.38. The summed E-state index contributed by atoms with van der Waals surface area (Å²) in [7, 11) is 0. The molecule has 1 fully saturated rings. The molecular formula is C19H21NO2. The number of rotatable bonds is 1. The van der Waals surface area contributed by atoms with Gasteiger partial charge in [0.2, 0.25) is 0 Å². The molecule has 1 saturated carbocycles. The molecule has 1 heterocycles. The number of hydrogen-bond donors (Lipinski definition) is 3. The monoisotopic (exact) mass is 295 g/mol. The Bertz CT molecular complexity index is 699. The minimum absolute atomic E-state index is 0.00273. The van der Waals surface area contributed by atoms with E-state index in [0.29, 0.717) is 6.42 Å². The Labute approximate surface area is 130 Å². The van der Waals surface area contributed by atoms with E-state index in [1.807, 2.05) is 18.2 Å². The average molecular weight is 295 g/mol. The van der Waals surface area contributed by atoms with E-state index in [1.54, 1.807) is 0 Å². The highest BCUT2D eigenvalue weighted by Gasteiger charge is 2.49. The number of anilines is 1. The summed E-state index contributed by atoms with van der Waals surface area (Å²) in [6, 6.07) is 16.6. The maximum absolute atomic E-state index is 10.5. The fraction of sp³-hybridized carbons (Fsp3) is 0.368. The Morgan fingerprint density at radius 1 is 0.955 bits per heavy atom. The number of nitrogens with one attached hydrogen (secondary N) is 1. The molecule has 0 radical (unpaired) electrons. The molecule has 0 amide bonds. The Morgan fingerprint density at radius 2 is 1.64 bits per heavy atom. The second-order valence-corrected chi connectivity index (χ2v) is 6.55. The highest BCUT2D eigenvalue weighted by molar-refractivity contribution is 5.59. The Balaban J connectivity index is 1.84. The molecule has 5 atom stereocenters. The number of benzene rings is 2. The molecule has 114 valence electrons. The zero-order valence-electron chi connectivity index (χ0n) is 12.6. The van der Waals surface area contributed by atoms with Gasteiger partial charge < -0.3 is 15.5 Å². The highest BCUT2D eigenvalue weighted by atomic mass is 16.3. The van der Waals surface area contributed by atoms with Gasteiger partial charge in [0.15, 0.2) is 0 Å². The lowest BCUT2D eigenvalue weighted by atomic mass is 9.76. The van der Waals surface area contributed by atoms with Crippen LogP contribution in [-0.2, 0) is 0 Å². The van der Waals surface area contributed by atoms with Crippen molar-refractivity contribution in [2.24, 2.45) is 5.92 Å². The van der Waals surface area contributed by atoms with Crippen LogP contribution in [0, 0.1) is 12.8 Å². The molecule has 0 unspecified atom stereocenters. The molecule has 3 heteroatoms. The van der Waals surface area contributed by atoms with Crippen LogP contribution in [0.2, 0.25) is 0 Å². The summed E-state index contributed by atoms with van der Waals surface area (Å²) in [4.78, 5) is 0. The van der Waals surface area contributed by atoms with Gasteiger partial charge in [-0.05, 0) is 42.0 Å². The topological polar surface area (TPSA) is 52.5 Å². The summed E-state index contributed by atoms with van der Waals surface area (Å²) in [6.45, 7) is 2.12. The predicted molar refractivity (Wildman–Crippen MR) is 86.8 cm³/mol. The van der Waals surface area contributed by atoms with Crippen LogP contribution in [0.5, 0.6) is 0 Å². The number of para-hydroxylation sites is 1. The first-order chi connectivity index (χ1) is 10.7. The molecule has 3 nitrogen and oxygen atoms in total. The molecule has 1 aliphatic carbocycles. The van der Waals surface area contributed by atoms with E-state index in [9.17, 15) is 10.2 Å². The zero-order valence-corrected chi connectivity index (χ0v) is 12.6. The first-order valence-corrected chi connectivity index (χ1v) is 7.94. The first-order valence-electron chi connectivity index (χ1n) is 7.94. The van der Waals surface area contributed by atoms with E-state index in [2.05, 4.69) is 42.6 Å². The van der Waals surface area contributed by atoms with Crippen molar-refractivity contribution < 1.29 is 10.2 Å². The molecule has 0 aromatic heterocycles. The van der Waals surface area contributed by atoms with Crippen molar-refractivity contribution in [3.8, 4) is 0 Å². The van der Waals surface area contributed by atoms with Gasteiger partial charge in [-0.2, -0.15) is 0 Å². The summed E-state index contributed by atoms with van der Waals surface area (Å²) in [6.07, 6.45) is -0.694. The highest BCUT2D eigenvalue weighted by Crippen LogP contribution is 2.53. The summed E-state index contributed by atoms with van der Waals surface area (Å²) in [5.74, 6) is 0.207. The fourth-order valence-electron chi connectivity index (χ4n) is 4.25. The van der Waals surface area contributed by atoms with Gasteiger partial charge >= 0.3 is 0 Å². The normalized spacial score (nSPS) is 33.0. The van der Waals surface area contributed by atoms with E-state index in [0.717, 1.165) is 11.3 Å². The fourth-order valence-corrected chi connectivity index (χ4v) is 4.25.